The number of benzene rings is 1. The second-order valence-corrected chi connectivity index (χ2v) is 9.98. The predicted octanol–water partition coefficient (Wildman–Crippen LogP) is 4.97. The SMILES string of the molecule is CCN(C)C1CCC(N(CC)c2cc(Cl)cc(C(=O)NCc3c(C)cc(C)[nH]c3=O)c2C)CC1. The van der Waals surface area contributed by atoms with E-state index in [2.05, 4.69) is 41.0 Å². The Bertz CT molecular complexity index is 1070. The molecule has 0 bridgehead atoms. The van der Waals surface area contributed by atoms with Gasteiger partial charge in [-0.1, -0.05) is 18.5 Å². The van der Waals surface area contributed by atoms with E-state index in [0.717, 1.165) is 48.4 Å². The lowest BCUT2D eigenvalue weighted by atomic mass is 9.88. The minimum Gasteiger partial charge on any atom is -0.369 e. The lowest BCUT2D eigenvalue weighted by Gasteiger charge is -2.41. The molecule has 0 atom stereocenters. The van der Waals surface area contributed by atoms with Gasteiger partial charge in [0.15, 0.2) is 0 Å². The van der Waals surface area contributed by atoms with Crippen molar-refractivity contribution in [2.75, 3.05) is 25.0 Å². The van der Waals surface area contributed by atoms with Crippen molar-refractivity contribution in [3.8, 4) is 0 Å². The van der Waals surface area contributed by atoms with E-state index in [1.54, 1.807) is 6.07 Å². The van der Waals surface area contributed by atoms with E-state index < -0.39 is 0 Å². The molecule has 0 spiro atoms. The predicted molar refractivity (Wildman–Crippen MR) is 141 cm³/mol. The second-order valence-electron chi connectivity index (χ2n) is 9.54. The molecule has 1 aromatic heterocycles. The zero-order valence-electron chi connectivity index (χ0n) is 21.4. The van der Waals surface area contributed by atoms with Crippen LogP contribution in [0.3, 0.4) is 0 Å². The Morgan fingerprint density at radius 3 is 2.29 bits per heavy atom. The number of hydrogen-bond acceptors (Lipinski definition) is 4. The lowest BCUT2D eigenvalue weighted by molar-refractivity contribution is 0.0950. The van der Waals surface area contributed by atoms with Crippen molar-refractivity contribution in [2.45, 2.75) is 78.9 Å². The van der Waals surface area contributed by atoms with Gasteiger partial charge in [0.05, 0.1) is 0 Å². The summed E-state index contributed by atoms with van der Waals surface area (Å²) in [5, 5.41) is 3.48. The summed E-state index contributed by atoms with van der Waals surface area (Å²) in [5.41, 5.74) is 4.59. The molecule has 1 heterocycles. The Labute approximate surface area is 208 Å². The van der Waals surface area contributed by atoms with Gasteiger partial charge in [0.1, 0.15) is 0 Å². The molecule has 0 unspecified atom stereocenters. The average molecular weight is 487 g/mol. The van der Waals surface area contributed by atoms with E-state index in [0.29, 0.717) is 28.2 Å². The number of rotatable bonds is 8. The number of carbonyl (C=O) groups is 1. The highest BCUT2D eigenvalue weighted by Crippen LogP contribution is 2.34. The fourth-order valence-electron chi connectivity index (χ4n) is 5.26. The van der Waals surface area contributed by atoms with E-state index in [1.807, 2.05) is 32.9 Å². The quantitative estimate of drug-likeness (QED) is 0.552. The molecular formula is C27H39ClN4O2. The van der Waals surface area contributed by atoms with Crippen LogP contribution in [-0.2, 0) is 6.54 Å². The van der Waals surface area contributed by atoms with Crippen molar-refractivity contribution in [3.05, 3.63) is 61.5 Å². The number of hydrogen-bond donors (Lipinski definition) is 2. The smallest absolute Gasteiger partial charge is 0.253 e. The largest absolute Gasteiger partial charge is 0.369 e. The van der Waals surface area contributed by atoms with Gasteiger partial charge in [-0.25, -0.2) is 0 Å². The van der Waals surface area contributed by atoms with E-state index in [9.17, 15) is 9.59 Å². The maximum absolute atomic E-state index is 13.2. The molecule has 1 aliphatic carbocycles. The molecule has 1 aromatic carbocycles. The van der Waals surface area contributed by atoms with E-state index >= 15 is 0 Å². The summed E-state index contributed by atoms with van der Waals surface area (Å²) in [6, 6.07) is 6.71. The molecule has 2 N–H and O–H groups in total. The summed E-state index contributed by atoms with van der Waals surface area (Å²) in [6.07, 6.45) is 4.63. The third-order valence-corrected chi connectivity index (χ3v) is 7.61. The Balaban J connectivity index is 1.80. The molecule has 2 aromatic rings. The van der Waals surface area contributed by atoms with Crippen LogP contribution in [0.2, 0.25) is 5.02 Å². The molecule has 1 fully saturated rings. The number of anilines is 1. The zero-order valence-corrected chi connectivity index (χ0v) is 22.2. The van der Waals surface area contributed by atoms with Crippen molar-refractivity contribution in [1.29, 1.82) is 0 Å². The number of H-pyrrole nitrogens is 1. The monoisotopic (exact) mass is 486 g/mol. The van der Waals surface area contributed by atoms with E-state index in [4.69, 9.17) is 11.6 Å². The summed E-state index contributed by atoms with van der Waals surface area (Å²) >= 11 is 6.51. The number of halogens is 1. The van der Waals surface area contributed by atoms with Crippen LogP contribution in [0.15, 0.2) is 23.0 Å². The van der Waals surface area contributed by atoms with Gasteiger partial charge in [0.25, 0.3) is 11.5 Å². The Kier molecular flexibility index (Phi) is 8.83. The fraction of sp³-hybridized carbons (Fsp3) is 0.556. The summed E-state index contributed by atoms with van der Waals surface area (Å²) in [6.45, 7) is 12.2. The number of nitrogens with zero attached hydrogens (tertiary/aromatic N) is 2. The minimum atomic E-state index is -0.218. The molecule has 3 rings (SSSR count). The number of carbonyl (C=O) groups excluding carboxylic acids is 1. The Morgan fingerprint density at radius 1 is 1.06 bits per heavy atom. The van der Waals surface area contributed by atoms with Crippen LogP contribution in [0.25, 0.3) is 0 Å². The molecule has 6 nitrogen and oxygen atoms in total. The summed E-state index contributed by atoms with van der Waals surface area (Å²) in [4.78, 5) is 33.2. The normalized spacial score (nSPS) is 18.2. The van der Waals surface area contributed by atoms with Crippen molar-refractivity contribution < 1.29 is 4.79 Å². The highest BCUT2D eigenvalue weighted by atomic mass is 35.5. The van der Waals surface area contributed by atoms with Crippen LogP contribution in [0.5, 0.6) is 0 Å². The lowest BCUT2D eigenvalue weighted by Crippen LogP contribution is -2.43. The van der Waals surface area contributed by atoms with Crippen molar-refractivity contribution in [2.24, 2.45) is 0 Å². The molecule has 0 aliphatic heterocycles. The van der Waals surface area contributed by atoms with Crippen LogP contribution in [0, 0.1) is 20.8 Å². The van der Waals surface area contributed by atoms with Crippen molar-refractivity contribution in [1.82, 2.24) is 15.2 Å². The fourth-order valence-corrected chi connectivity index (χ4v) is 5.47. The number of aryl methyl sites for hydroxylation is 2. The van der Waals surface area contributed by atoms with Crippen LogP contribution in [0.1, 0.15) is 72.3 Å². The van der Waals surface area contributed by atoms with Crippen molar-refractivity contribution in [3.63, 3.8) is 0 Å². The molecule has 0 saturated heterocycles. The summed E-state index contributed by atoms with van der Waals surface area (Å²) in [5.74, 6) is -0.218. The van der Waals surface area contributed by atoms with Gasteiger partial charge in [0, 0.05) is 52.7 Å². The van der Waals surface area contributed by atoms with Crippen molar-refractivity contribution >= 4 is 23.2 Å². The van der Waals surface area contributed by atoms with Gasteiger partial charge in [-0.2, -0.15) is 0 Å². The minimum absolute atomic E-state index is 0.164. The molecular weight excluding hydrogens is 448 g/mol. The number of pyridine rings is 1. The maximum Gasteiger partial charge on any atom is 0.253 e. The first-order chi connectivity index (χ1) is 16.2. The first-order valence-corrected chi connectivity index (χ1v) is 12.8. The molecule has 1 saturated carbocycles. The standard InChI is InChI=1S/C27H39ClN4O2/c1-7-31(6)21-9-11-22(12-10-21)32(8-2)25-15-20(28)14-23(19(25)5)26(33)29-16-24-17(3)13-18(4)30-27(24)34/h13-15,21-22H,7-12,16H2,1-6H3,(H,29,33)(H,30,34). The molecule has 0 radical (unpaired) electrons. The first kappa shape index (κ1) is 26.3. The summed E-state index contributed by atoms with van der Waals surface area (Å²) < 4.78 is 0. The van der Waals surface area contributed by atoms with Crippen LogP contribution < -0.4 is 15.8 Å². The van der Waals surface area contributed by atoms with E-state index in [1.165, 1.54) is 12.8 Å². The molecule has 7 heteroatoms. The van der Waals surface area contributed by atoms with Gasteiger partial charge in [-0.05, 0) is 96.3 Å². The third-order valence-electron chi connectivity index (χ3n) is 7.39. The number of aromatic amines is 1. The number of amides is 1. The van der Waals surface area contributed by atoms with Gasteiger partial charge >= 0.3 is 0 Å². The van der Waals surface area contributed by atoms with Crippen LogP contribution in [-0.4, -0.2) is 48.0 Å². The molecule has 34 heavy (non-hydrogen) atoms. The topological polar surface area (TPSA) is 68.4 Å². The second kappa shape index (κ2) is 11.4. The van der Waals surface area contributed by atoms with Gasteiger partial charge in [-0.15, -0.1) is 0 Å². The van der Waals surface area contributed by atoms with Gasteiger partial charge in [-0.3, -0.25) is 9.59 Å². The Hall–Kier alpha value is -2.31. The highest BCUT2D eigenvalue weighted by molar-refractivity contribution is 6.31. The number of aromatic nitrogens is 1. The molecule has 1 amide bonds. The van der Waals surface area contributed by atoms with Crippen LogP contribution >= 0.6 is 11.6 Å². The average Bonchev–Trinajstić information content (AvgIpc) is 2.80. The van der Waals surface area contributed by atoms with Gasteiger partial charge in [0.2, 0.25) is 0 Å². The van der Waals surface area contributed by atoms with Crippen LogP contribution in [0.4, 0.5) is 5.69 Å². The number of nitrogens with one attached hydrogen (secondary N) is 2. The molecule has 1 aliphatic rings. The Morgan fingerprint density at radius 2 is 1.71 bits per heavy atom. The molecule has 186 valence electrons. The third kappa shape index (κ3) is 5.84. The summed E-state index contributed by atoms with van der Waals surface area (Å²) in [7, 11) is 2.21. The van der Waals surface area contributed by atoms with Gasteiger partial charge < -0.3 is 20.1 Å². The maximum atomic E-state index is 13.2. The van der Waals surface area contributed by atoms with E-state index in [-0.39, 0.29) is 18.0 Å². The highest BCUT2D eigenvalue weighted by Gasteiger charge is 2.28. The first-order valence-electron chi connectivity index (χ1n) is 12.4. The zero-order chi connectivity index (χ0) is 25.0.